The zero-order valence-corrected chi connectivity index (χ0v) is 41.4. The molecule has 0 aromatic carbocycles. The second-order valence-electron chi connectivity index (χ2n) is 17.5. The van der Waals surface area contributed by atoms with Crippen molar-refractivity contribution in [3.05, 3.63) is 118 Å². The maximum Gasteiger partial charge on any atom is 0.326 e. The Balaban J connectivity index is 0.000000123. The lowest BCUT2D eigenvalue weighted by Crippen LogP contribution is -2.26. The quantitative estimate of drug-likeness (QED) is 0.0577. The van der Waals surface area contributed by atoms with Crippen molar-refractivity contribution in [3.63, 3.8) is 0 Å². The molecule has 0 bridgehead atoms. The minimum atomic E-state index is -3.65. The molecule has 0 saturated heterocycles. The Hall–Kier alpha value is -9.93. The number of nitrogens with zero attached hydrogens (tertiary/aromatic N) is 17. The van der Waals surface area contributed by atoms with Crippen molar-refractivity contribution in [1.82, 2.24) is 98.2 Å². The number of aromatic hydroxyl groups is 3. The van der Waals surface area contributed by atoms with E-state index in [2.05, 4.69) is 95.1 Å². The Kier molecular flexibility index (Phi) is 12.4. The number of aromatic nitrogens is 20. The Morgan fingerprint density at radius 1 is 0.610 bits per heavy atom. The molecule has 13 rings (SSSR count). The normalized spacial score (nSPS) is 16.6. The highest BCUT2D eigenvalue weighted by atomic mass is 32.2. The molecule has 3 aliphatic rings. The fourth-order valence-corrected chi connectivity index (χ4v) is 8.04. The number of H-pyrrole nitrogens is 6. The highest BCUT2D eigenvalue weighted by Crippen LogP contribution is 2.24. The van der Waals surface area contributed by atoms with Gasteiger partial charge in [-0.15, -0.1) is 0 Å². The van der Waals surface area contributed by atoms with Crippen LogP contribution in [0.2, 0.25) is 0 Å². The maximum atomic E-state index is 11.9. The Bertz CT molecular complexity index is 4740. The average molecular weight is 1090 g/mol. The van der Waals surface area contributed by atoms with Crippen LogP contribution in [-0.2, 0) is 20.6 Å². The molecule has 0 radical (unpaired) electrons. The number of imidazole rings is 4. The van der Waals surface area contributed by atoms with Crippen LogP contribution in [0.5, 0.6) is 17.6 Å². The van der Waals surface area contributed by atoms with Gasteiger partial charge < -0.3 is 30.3 Å². The minimum Gasteiger partial charge on any atom is -0.493 e. The number of hydrogen-bond donors (Lipinski definition) is 9. The lowest BCUT2D eigenvalue weighted by Gasteiger charge is -2.01. The van der Waals surface area contributed by atoms with E-state index in [4.69, 9.17) is 0 Å². The van der Waals surface area contributed by atoms with Crippen LogP contribution in [0.15, 0.2) is 70.8 Å². The summed E-state index contributed by atoms with van der Waals surface area (Å²) in [6, 6.07) is 0.510. The van der Waals surface area contributed by atoms with Crippen molar-refractivity contribution in [3.8, 4) is 23.6 Å². The predicted octanol–water partition coefficient (Wildman–Crippen LogP) is -5.49. The van der Waals surface area contributed by atoms with Crippen molar-refractivity contribution in [2.45, 2.75) is 67.0 Å². The van der Waals surface area contributed by atoms with Gasteiger partial charge in [-0.3, -0.25) is 28.5 Å². The molecule has 3 aliphatic carbocycles. The van der Waals surface area contributed by atoms with Crippen LogP contribution in [0.1, 0.15) is 66.1 Å². The standard InChI is InChI=1S/C16H13N9O3.C13H13N7O4S.C13H13N7O3S/c26-6-10-5-24(7-17-10)14-21-12-8(3-11-13(27)22-16(28)20-11)4-18-25(12)15(23-14)19-9-1-2-9;1-25(23,24)13-17-9-6(4-8-10(21)18-12(22)16-8)5-14-20(9)11(19-13)15-7-2-3-7;1-24(23)13-17-9-6(4-8-10(21)18-12(22)16-8)5-14-20(9)11(19-13)15-7-2-3-7/h3-7,9,27H,1-2H2,(H2,20,22,28);4-5,7,21H,2-3H2,1H3,(H2,16,18,22);4-5,7,21H,2-3H2,1H3,(H2,16,18,22). The molecule has 394 valence electrons. The molecule has 1 atom stereocenters. The zero-order valence-electron chi connectivity index (χ0n) is 39.8. The van der Waals surface area contributed by atoms with Crippen LogP contribution < -0.4 is 49.6 Å². The fourth-order valence-electron chi connectivity index (χ4n) is 7.11. The van der Waals surface area contributed by atoms with Crippen molar-refractivity contribution < 1.29 is 32.7 Å². The number of aldehydes is 1. The van der Waals surface area contributed by atoms with Crippen molar-refractivity contribution in [2.24, 2.45) is 15.0 Å². The van der Waals surface area contributed by atoms with Crippen LogP contribution in [0.25, 0.3) is 41.1 Å². The third kappa shape index (κ3) is 10.7. The molecule has 33 nitrogen and oxygen atoms in total. The van der Waals surface area contributed by atoms with Gasteiger partial charge in [-0.2, -0.15) is 58.7 Å². The second kappa shape index (κ2) is 19.4. The predicted molar refractivity (Wildman–Crippen MR) is 262 cm³/mol. The largest absolute Gasteiger partial charge is 0.493 e. The molecule has 3 fully saturated rings. The molecule has 35 heteroatoms. The average Bonchev–Trinajstić information content (AvgIpc) is 4.29. The first-order valence-corrected chi connectivity index (χ1v) is 26.4. The number of fused-ring (bicyclic) bond motifs is 3. The van der Waals surface area contributed by atoms with Crippen LogP contribution in [0.4, 0.5) is 0 Å². The topological polar surface area (TPSA) is 459 Å². The summed E-state index contributed by atoms with van der Waals surface area (Å²) in [5.41, 5.74) is 1.05. The molecule has 10 aromatic rings. The summed E-state index contributed by atoms with van der Waals surface area (Å²) in [4.78, 5) is 102. The zero-order chi connectivity index (χ0) is 53.9. The van der Waals surface area contributed by atoms with E-state index in [0.717, 1.165) is 44.8 Å². The first kappa shape index (κ1) is 49.3. The highest BCUT2D eigenvalue weighted by Gasteiger charge is 2.24. The Labute approximate surface area is 427 Å². The van der Waals surface area contributed by atoms with Crippen molar-refractivity contribution in [1.29, 1.82) is 0 Å². The van der Waals surface area contributed by atoms with Gasteiger partial charge >= 0.3 is 17.1 Å². The molecule has 0 amide bonds. The van der Waals surface area contributed by atoms with Crippen LogP contribution in [0, 0.1) is 0 Å². The molecule has 0 spiro atoms. The monoisotopic (exact) mass is 1090 g/mol. The molecule has 10 heterocycles. The van der Waals surface area contributed by atoms with Crippen molar-refractivity contribution in [2.75, 3.05) is 12.5 Å². The highest BCUT2D eigenvalue weighted by molar-refractivity contribution is 7.90. The van der Waals surface area contributed by atoms with Crippen molar-refractivity contribution >= 4 is 62.1 Å². The van der Waals surface area contributed by atoms with Gasteiger partial charge in [0, 0.05) is 34.4 Å². The minimum absolute atomic E-state index is 0.104. The SMILES string of the molecule is CS(=O)(=O)c1nc(=NC2CC2)n2ncc(=Cc3[nH]c(=O)[nH]c3O)c2n1.CS(=O)c1nc(=NC2CC2)n2ncc(=Cc3[nH]c(=O)[nH]c3O)c2n1.O=Cc1cn(-c2nc(=NC3CC3)n3ncc(=Cc4[nH]c(=O)[nH]c4O)c3n2)cn1. The van der Waals surface area contributed by atoms with Gasteiger partial charge in [0.25, 0.3) is 22.0 Å². The summed E-state index contributed by atoms with van der Waals surface area (Å²) in [7, 11) is -5.03. The molecule has 3 saturated carbocycles. The van der Waals surface area contributed by atoms with Crippen LogP contribution in [-0.4, -0.2) is 163 Å². The van der Waals surface area contributed by atoms with E-state index in [9.17, 15) is 47.1 Å². The summed E-state index contributed by atoms with van der Waals surface area (Å²) in [5, 5.41) is 43.1. The first-order valence-electron chi connectivity index (χ1n) is 22.9. The van der Waals surface area contributed by atoms with Gasteiger partial charge in [-0.1, -0.05) is 0 Å². The number of rotatable bonds is 10. The van der Waals surface area contributed by atoms with Gasteiger partial charge in [0.1, 0.15) is 29.1 Å². The lowest BCUT2D eigenvalue weighted by molar-refractivity contribution is 0.111. The number of aromatic amines is 6. The molecular weight excluding hydrogens is 1050 g/mol. The first-order chi connectivity index (χ1) is 36.9. The van der Waals surface area contributed by atoms with Crippen LogP contribution in [0.3, 0.4) is 0 Å². The molecule has 1 unspecified atom stereocenters. The Morgan fingerprint density at radius 3 is 1.40 bits per heavy atom. The van der Waals surface area contributed by atoms with Crippen LogP contribution >= 0.6 is 0 Å². The third-order valence-electron chi connectivity index (χ3n) is 11.3. The Morgan fingerprint density at radius 2 is 1.03 bits per heavy atom. The molecule has 77 heavy (non-hydrogen) atoms. The van der Waals surface area contributed by atoms with Gasteiger partial charge in [0.2, 0.25) is 38.6 Å². The van der Waals surface area contributed by atoms with Gasteiger partial charge in [0.15, 0.2) is 23.2 Å². The van der Waals surface area contributed by atoms with E-state index >= 15 is 0 Å². The molecule has 0 aliphatic heterocycles. The summed E-state index contributed by atoms with van der Waals surface area (Å²) in [6.45, 7) is 0. The maximum absolute atomic E-state index is 11.9. The van der Waals surface area contributed by atoms with E-state index in [0.29, 0.717) is 44.5 Å². The number of carbonyl (C=O) groups excluding carboxylic acids is 1. The number of hydrogen-bond acceptors (Lipinski definition) is 23. The number of nitrogens with one attached hydrogen (secondary N) is 6. The van der Waals surface area contributed by atoms with Gasteiger partial charge in [-0.25, -0.2) is 42.8 Å². The summed E-state index contributed by atoms with van der Waals surface area (Å²) < 4.78 is 41.4. The van der Waals surface area contributed by atoms with E-state index in [1.165, 1.54) is 73.7 Å². The summed E-state index contributed by atoms with van der Waals surface area (Å²) in [6.07, 6.45) is 20.8. The van der Waals surface area contributed by atoms with E-state index in [-0.39, 0.29) is 86.1 Å². The molecule has 9 N–H and O–H groups in total. The third-order valence-corrected chi connectivity index (χ3v) is 12.8. The van der Waals surface area contributed by atoms with E-state index in [1.807, 2.05) is 0 Å². The second-order valence-corrected chi connectivity index (χ2v) is 20.7. The fraction of sp³-hybridized carbons (Fsp3) is 0.262. The molecule has 10 aromatic heterocycles. The summed E-state index contributed by atoms with van der Waals surface area (Å²) in [5.74, 6) is -0.638. The number of sulfone groups is 1. The summed E-state index contributed by atoms with van der Waals surface area (Å²) >= 11 is 0. The number of carbonyl (C=O) groups is 1. The van der Waals surface area contributed by atoms with E-state index in [1.54, 1.807) is 0 Å². The van der Waals surface area contributed by atoms with Gasteiger partial charge in [0.05, 0.1) is 47.5 Å². The lowest BCUT2D eigenvalue weighted by atomic mass is 10.3. The van der Waals surface area contributed by atoms with Gasteiger partial charge in [-0.05, 0) is 56.8 Å². The molecular formula is C42H39N23O10S2. The van der Waals surface area contributed by atoms with E-state index < -0.39 is 37.7 Å². The smallest absolute Gasteiger partial charge is 0.326 e.